The summed E-state index contributed by atoms with van der Waals surface area (Å²) in [6, 6.07) is 8.56. The number of hydrogen-bond donors (Lipinski definition) is 0. The van der Waals surface area contributed by atoms with Crippen LogP contribution in [0, 0.1) is 0 Å². The number of hydrogen-bond acceptors (Lipinski definition) is 4. The Hall–Kier alpha value is -2.49. The number of rotatable bonds is 8. The van der Waals surface area contributed by atoms with E-state index in [-0.39, 0.29) is 16.2 Å². The van der Waals surface area contributed by atoms with E-state index in [0.29, 0.717) is 0 Å². The van der Waals surface area contributed by atoms with E-state index in [4.69, 9.17) is 9.40 Å². The van der Waals surface area contributed by atoms with E-state index >= 15 is 0 Å². The molecule has 0 aliphatic heterocycles. The van der Waals surface area contributed by atoms with Gasteiger partial charge in [-0.15, -0.1) is 0 Å². The van der Waals surface area contributed by atoms with Crippen molar-refractivity contribution in [2.24, 2.45) is 0 Å². The molecular weight excluding hydrogens is 358 g/mol. The highest BCUT2D eigenvalue weighted by atomic mass is 16.3. The summed E-state index contributed by atoms with van der Waals surface area (Å²) in [5.41, 5.74) is 3.66. The van der Waals surface area contributed by atoms with Crippen LogP contribution in [0.5, 0.6) is 0 Å². The summed E-state index contributed by atoms with van der Waals surface area (Å²) < 4.78 is 5.55. The molecule has 4 nitrogen and oxygen atoms in total. The Kier molecular flexibility index (Phi) is 5.92. The topological polar surface area (TPSA) is 51.8 Å². The molecule has 0 aromatic carbocycles. The maximum Gasteiger partial charge on any atom is 0.180 e. The molecule has 0 saturated carbocycles. The van der Waals surface area contributed by atoms with Crippen molar-refractivity contribution < 1.29 is 4.42 Å². The molecule has 3 aromatic rings. The molecule has 0 aliphatic rings. The quantitative estimate of drug-likeness (QED) is 0.471. The van der Waals surface area contributed by atoms with Crippen LogP contribution < -0.4 is 0 Å². The van der Waals surface area contributed by atoms with Gasteiger partial charge in [-0.2, -0.15) is 0 Å². The van der Waals surface area contributed by atoms with Crippen molar-refractivity contribution in [3.8, 4) is 0 Å². The number of aromatic nitrogens is 3. The molecule has 4 heteroatoms. The van der Waals surface area contributed by atoms with Crippen LogP contribution in [0.3, 0.4) is 0 Å². The average molecular weight is 392 g/mol. The molecule has 0 atom stereocenters. The fourth-order valence-electron chi connectivity index (χ4n) is 3.76. The molecule has 0 radical (unpaired) electrons. The average Bonchev–Trinajstić information content (AvgIpc) is 3.23. The largest absolute Gasteiger partial charge is 0.448 e. The van der Waals surface area contributed by atoms with Crippen LogP contribution >= 0.6 is 0 Å². The summed E-state index contributed by atoms with van der Waals surface area (Å²) in [5.74, 6) is 0.911. The van der Waals surface area contributed by atoms with Crippen molar-refractivity contribution in [1.29, 1.82) is 0 Å². The van der Waals surface area contributed by atoms with Crippen molar-refractivity contribution >= 4 is 0 Å². The Bertz CT molecular complexity index is 912. The van der Waals surface area contributed by atoms with Crippen molar-refractivity contribution in [2.75, 3.05) is 0 Å². The second-order valence-electron chi connectivity index (χ2n) is 9.99. The first-order valence-electron chi connectivity index (χ1n) is 10.4. The van der Waals surface area contributed by atoms with Crippen molar-refractivity contribution in [2.45, 2.75) is 77.0 Å². The van der Waals surface area contributed by atoms with Gasteiger partial charge in [0.15, 0.2) is 6.39 Å². The summed E-state index contributed by atoms with van der Waals surface area (Å²) in [6.07, 6.45) is 12.1. The molecule has 0 bridgehead atoms. The van der Waals surface area contributed by atoms with Crippen molar-refractivity contribution in [1.82, 2.24) is 15.0 Å². The van der Waals surface area contributed by atoms with Gasteiger partial charge in [-0.1, -0.05) is 47.6 Å². The van der Waals surface area contributed by atoms with Gasteiger partial charge in [0.05, 0.1) is 6.20 Å². The third-order valence-electron chi connectivity index (χ3n) is 6.08. The molecule has 0 saturated heterocycles. The second kappa shape index (κ2) is 8.10. The van der Waals surface area contributed by atoms with E-state index < -0.39 is 0 Å². The molecular formula is C25H33N3O. The monoisotopic (exact) mass is 391 g/mol. The summed E-state index contributed by atoms with van der Waals surface area (Å²) in [6.45, 7) is 13.6. The molecule has 0 N–H and O–H groups in total. The van der Waals surface area contributed by atoms with E-state index in [9.17, 15) is 0 Å². The predicted molar refractivity (Wildman–Crippen MR) is 117 cm³/mol. The first-order valence-corrected chi connectivity index (χ1v) is 10.4. The van der Waals surface area contributed by atoms with E-state index in [1.54, 1.807) is 0 Å². The third-order valence-corrected chi connectivity index (χ3v) is 6.08. The van der Waals surface area contributed by atoms with Gasteiger partial charge in [-0.3, -0.25) is 9.97 Å². The van der Waals surface area contributed by atoms with E-state index in [1.165, 1.54) is 17.5 Å². The molecule has 0 spiro atoms. The lowest BCUT2D eigenvalue weighted by molar-refractivity contribution is 0.366. The van der Waals surface area contributed by atoms with Crippen molar-refractivity contribution in [3.63, 3.8) is 0 Å². The summed E-state index contributed by atoms with van der Waals surface area (Å²) in [4.78, 5) is 13.1. The Morgan fingerprint density at radius 3 is 2.24 bits per heavy atom. The fraction of sp³-hybridized carbons (Fsp3) is 0.480. The zero-order valence-electron chi connectivity index (χ0n) is 18.6. The maximum absolute atomic E-state index is 5.55. The molecule has 0 amide bonds. The Morgan fingerprint density at radius 2 is 1.59 bits per heavy atom. The van der Waals surface area contributed by atoms with Crippen LogP contribution in [0.15, 0.2) is 59.9 Å². The lowest BCUT2D eigenvalue weighted by Crippen LogP contribution is -2.26. The fourth-order valence-corrected chi connectivity index (χ4v) is 3.76. The molecule has 0 aliphatic carbocycles. The van der Waals surface area contributed by atoms with Gasteiger partial charge >= 0.3 is 0 Å². The summed E-state index contributed by atoms with van der Waals surface area (Å²) in [5, 5.41) is 0. The predicted octanol–water partition coefficient (Wildman–Crippen LogP) is 6.02. The minimum Gasteiger partial charge on any atom is -0.448 e. The maximum atomic E-state index is 5.55. The summed E-state index contributed by atoms with van der Waals surface area (Å²) >= 11 is 0. The number of nitrogens with zero attached hydrogens (tertiary/aromatic N) is 3. The van der Waals surface area contributed by atoms with E-state index in [1.807, 2.05) is 30.9 Å². The molecule has 0 unspecified atom stereocenters. The van der Waals surface area contributed by atoms with Gasteiger partial charge in [-0.25, -0.2) is 4.98 Å². The second-order valence-corrected chi connectivity index (χ2v) is 9.99. The number of pyridine rings is 2. The highest BCUT2D eigenvalue weighted by molar-refractivity contribution is 5.26. The van der Waals surface area contributed by atoms with Crippen molar-refractivity contribution in [3.05, 3.63) is 78.0 Å². The smallest absolute Gasteiger partial charge is 0.180 e. The Morgan fingerprint density at radius 1 is 0.828 bits per heavy atom. The lowest BCUT2D eigenvalue weighted by Gasteiger charge is -2.31. The van der Waals surface area contributed by atoms with Crippen LogP contribution in [0.2, 0.25) is 0 Å². The Labute approximate surface area is 174 Å². The first kappa shape index (κ1) is 21.2. The molecule has 3 aromatic heterocycles. The minimum absolute atomic E-state index is 0.00807. The molecule has 154 valence electrons. The van der Waals surface area contributed by atoms with Gasteiger partial charge < -0.3 is 4.42 Å². The van der Waals surface area contributed by atoms with Gasteiger partial charge in [0.1, 0.15) is 5.76 Å². The molecule has 0 fully saturated rings. The highest BCUT2D eigenvalue weighted by Crippen LogP contribution is 2.36. The van der Waals surface area contributed by atoms with Gasteiger partial charge in [0.2, 0.25) is 0 Å². The molecule has 29 heavy (non-hydrogen) atoms. The van der Waals surface area contributed by atoms with Crippen LogP contribution in [0.4, 0.5) is 0 Å². The Balaban J connectivity index is 1.73. The zero-order chi connectivity index (χ0) is 21.1. The normalized spacial score (nSPS) is 12.9. The standard InChI is InChI=1S/C25H33N3O/c1-23(2,20-8-7-12-26-16-20)10-11-24(3,4)21-14-19(9-13-28-21)15-25(5,6)22-17-27-18-29-22/h7-9,12-14,16-18H,10-11,15H2,1-6H3. The van der Waals surface area contributed by atoms with Gasteiger partial charge in [0, 0.05) is 35.1 Å². The minimum atomic E-state index is -0.110. The van der Waals surface area contributed by atoms with Crippen LogP contribution in [-0.4, -0.2) is 15.0 Å². The third kappa shape index (κ3) is 5.11. The first-order chi connectivity index (χ1) is 13.6. The van der Waals surface area contributed by atoms with E-state index in [0.717, 1.165) is 30.7 Å². The summed E-state index contributed by atoms with van der Waals surface area (Å²) in [7, 11) is 0. The van der Waals surface area contributed by atoms with E-state index in [2.05, 4.69) is 69.7 Å². The zero-order valence-corrected chi connectivity index (χ0v) is 18.6. The SMILES string of the molecule is CC(C)(CCC(C)(C)c1cc(CC(C)(C)c2cnco2)ccn1)c1cccnc1. The van der Waals surface area contributed by atoms with Crippen LogP contribution in [0.25, 0.3) is 0 Å². The van der Waals surface area contributed by atoms with Crippen LogP contribution in [0.1, 0.15) is 77.0 Å². The van der Waals surface area contributed by atoms with Gasteiger partial charge in [-0.05, 0) is 54.0 Å². The number of oxazole rings is 1. The van der Waals surface area contributed by atoms with Gasteiger partial charge in [0.25, 0.3) is 0 Å². The molecule has 3 heterocycles. The molecule has 3 rings (SSSR count). The highest BCUT2D eigenvalue weighted by Gasteiger charge is 2.29. The lowest BCUT2D eigenvalue weighted by atomic mass is 9.74. The van der Waals surface area contributed by atoms with Crippen LogP contribution in [-0.2, 0) is 22.7 Å².